The van der Waals surface area contributed by atoms with E-state index < -0.39 is 0 Å². The molecule has 2 rings (SSSR count). The summed E-state index contributed by atoms with van der Waals surface area (Å²) < 4.78 is 7.56. The highest BCUT2D eigenvalue weighted by Crippen LogP contribution is 2.08. The van der Waals surface area contributed by atoms with Gasteiger partial charge in [0.2, 0.25) is 0 Å². The van der Waals surface area contributed by atoms with Crippen LogP contribution >= 0.6 is 0 Å². The number of ether oxygens (including phenoxy) is 1. The Morgan fingerprint density at radius 2 is 2.06 bits per heavy atom. The predicted molar refractivity (Wildman–Crippen MR) is 71.5 cm³/mol. The van der Waals surface area contributed by atoms with Crippen molar-refractivity contribution < 1.29 is 4.74 Å². The fourth-order valence-electron chi connectivity index (χ4n) is 1.76. The van der Waals surface area contributed by atoms with Gasteiger partial charge < -0.3 is 10.5 Å². The lowest BCUT2D eigenvalue weighted by Gasteiger charge is -2.05. The maximum Gasteiger partial charge on any atom is 0.119 e. The molecule has 4 nitrogen and oxygen atoms in total. The summed E-state index contributed by atoms with van der Waals surface area (Å²) in [4.78, 5) is 0. The maximum atomic E-state index is 5.62. The van der Waals surface area contributed by atoms with Crippen molar-refractivity contribution in [1.82, 2.24) is 9.78 Å². The van der Waals surface area contributed by atoms with Gasteiger partial charge in [0.05, 0.1) is 12.8 Å². The number of benzene rings is 1. The van der Waals surface area contributed by atoms with Crippen LogP contribution in [0, 0.1) is 0 Å². The number of para-hydroxylation sites is 1. The summed E-state index contributed by atoms with van der Waals surface area (Å²) in [5, 5.41) is 4.28. The third-order valence-corrected chi connectivity index (χ3v) is 2.66. The monoisotopic (exact) mass is 245 g/mol. The van der Waals surface area contributed by atoms with Gasteiger partial charge in [-0.05, 0) is 30.7 Å². The molecule has 0 saturated carbocycles. The molecule has 0 amide bonds. The summed E-state index contributed by atoms with van der Waals surface area (Å²) in [5.74, 6) is 0.918. The van der Waals surface area contributed by atoms with E-state index in [1.54, 1.807) is 0 Å². The number of hydrogen-bond donors (Lipinski definition) is 1. The molecule has 1 aromatic heterocycles. The van der Waals surface area contributed by atoms with E-state index in [1.165, 1.54) is 5.56 Å². The molecule has 0 bridgehead atoms. The summed E-state index contributed by atoms with van der Waals surface area (Å²) in [5.41, 5.74) is 6.69. The van der Waals surface area contributed by atoms with Crippen LogP contribution in [0.25, 0.3) is 0 Å². The van der Waals surface area contributed by atoms with E-state index in [4.69, 9.17) is 10.5 Å². The highest BCUT2D eigenvalue weighted by atomic mass is 16.5. The first-order chi connectivity index (χ1) is 8.88. The molecule has 0 radical (unpaired) electrons. The Morgan fingerprint density at radius 3 is 2.83 bits per heavy atom. The molecular weight excluding hydrogens is 226 g/mol. The Labute approximate surface area is 107 Å². The summed E-state index contributed by atoms with van der Waals surface area (Å²) in [7, 11) is 0. The second-order valence-electron chi connectivity index (χ2n) is 4.17. The summed E-state index contributed by atoms with van der Waals surface area (Å²) in [6, 6.07) is 9.86. The first-order valence-corrected chi connectivity index (χ1v) is 6.28. The van der Waals surface area contributed by atoms with Crippen molar-refractivity contribution in [3.05, 3.63) is 48.3 Å². The lowest BCUT2D eigenvalue weighted by atomic mass is 10.3. The van der Waals surface area contributed by atoms with E-state index in [0.717, 1.165) is 25.1 Å². The smallest absolute Gasteiger partial charge is 0.119 e. The second kappa shape index (κ2) is 6.81. The Kier molecular flexibility index (Phi) is 4.78. The van der Waals surface area contributed by atoms with E-state index in [0.29, 0.717) is 13.2 Å². The van der Waals surface area contributed by atoms with Crippen molar-refractivity contribution in [3.63, 3.8) is 0 Å². The Bertz CT molecular complexity index is 453. The number of aromatic nitrogens is 2. The molecule has 2 N–H and O–H groups in total. The van der Waals surface area contributed by atoms with E-state index in [-0.39, 0.29) is 0 Å². The third-order valence-electron chi connectivity index (χ3n) is 2.66. The van der Waals surface area contributed by atoms with Crippen molar-refractivity contribution in [2.75, 3.05) is 13.2 Å². The highest BCUT2D eigenvalue weighted by Gasteiger charge is 1.98. The zero-order chi connectivity index (χ0) is 12.6. The second-order valence-corrected chi connectivity index (χ2v) is 4.17. The number of aryl methyl sites for hydroxylation is 1. The van der Waals surface area contributed by atoms with Crippen molar-refractivity contribution >= 4 is 0 Å². The Hall–Kier alpha value is -1.81. The molecule has 1 heterocycles. The molecule has 0 aliphatic rings. The molecule has 0 aliphatic heterocycles. The molecule has 18 heavy (non-hydrogen) atoms. The predicted octanol–water partition coefficient (Wildman–Crippen LogP) is 1.85. The number of nitrogens with zero attached hydrogens (tertiary/aromatic N) is 2. The molecular formula is C14H19N3O. The van der Waals surface area contributed by atoms with Crippen LogP contribution in [0.4, 0.5) is 0 Å². The van der Waals surface area contributed by atoms with Crippen LogP contribution in [-0.2, 0) is 13.0 Å². The minimum absolute atomic E-state index is 0.669. The van der Waals surface area contributed by atoms with Crippen LogP contribution in [0.2, 0.25) is 0 Å². The molecule has 0 saturated heterocycles. The van der Waals surface area contributed by atoms with E-state index in [1.807, 2.05) is 41.2 Å². The highest BCUT2D eigenvalue weighted by molar-refractivity contribution is 5.20. The zero-order valence-electron chi connectivity index (χ0n) is 10.5. The molecule has 0 fully saturated rings. The van der Waals surface area contributed by atoms with Crippen LogP contribution in [0.15, 0.2) is 42.7 Å². The third kappa shape index (κ3) is 3.89. The average molecular weight is 245 g/mol. The zero-order valence-corrected chi connectivity index (χ0v) is 10.5. The van der Waals surface area contributed by atoms with Crippen LogP contribution in [0.5, 0.6) is 5.75 Å². The molecule has 4 heteroatoms. The summed E-state index contributed by atoms with van der Waals surface area (Å²) in [6.45, 7) is 2.25. The van der Waals surface area contributed by atoms with Gasteiger partial charge in [-0.25, -0.2) is 0 Å². The van der Waals surface area contributed by atoms with Gasteiger partial charge in [0.15, 0.2) is 0 Å². The minimum Gasteiger partial charge on any atom is -0.494 e. The normalized spacial score (nSPS) is 10.5. The molecule has 0 aliphatic carbocycles. The topological polar surface area (TPSA) is 53.1 Å². The molecule has 2 aromatic rings. The van der Waals surface area contributed by atoms with E-state index in [9.17, 15) is 0 Å². The molecule has 0 atom stereocenters. The van der Waals surface area contributed by atoms with Gasteiger partial charge in [0.25, 0.3) is 0 Å². The quantitative estimate of drug-likeness (QED) is 0.757. The molecule has 0 unspecified atom stereocenters. The lowest BCUT2D eigenvalue weighted by Crippen LogP contribution is -2.05. The van der Waals surface area contributed by atoms with Crippen LogP contribution in [0.3, 0.4) is 0 Å². The molecule has 0 spiro atoms. The number of rotatable bonds is 7. The number of nitrogens with two attached hydrogens (primary N) is 1. The maximum absolute atomic E-state index is 5.62. The van der Waals surface area contributed by atoms with E-state index in [2.05, 4.69) is 11.3 Å². The fraction of sp³-hybridized carbons (Fsp3) is 0.357. The van der Waals surface area contributed by atoms with Gasteiger partial charge in [-0.2, -0.15) is 5.10 Å². The Morgan fingerprint density at radius 1 is 1.22 bits per heavy atom. The fourth-order valence-corrected chi connectivity index (χ4v) is 1.76. The first-order valence-electron chi connectivity index (χ1n) is 6.28. The van der Waals surface area contributed by atoms with Crippen LogP contribution in [-0.4, -0.2) is 22.9 Å². The van der Waals surface area contributed by atoms with Gasteiger partial charge in [0, 0.05) is 19.2 Å². The minimum atomic E-state index is 0.669. The SMILES string of the molecule is NCCc1cnn(CCCOc2ccccc2)c1. The van der Waals surface area contributed by atoms with E-state index >= 15 is 0 Å². The van der Waals surface area contributed by atoms with Gasteiger partial charge in [0.1, 0.15) is 5.75 Å². The van der Waals surface area contributed by atoms with Crippen molar-refractivity contribution in [1.29, 1.82) is 0 Å². The standard InChI is InChI=1S/C14H19N3O/c15-8-7-13-11-16-17(12-13)9-4-10-18-14-5-2-1-3-6-14/h1-3,5-6,11-12H,4,7-10,15H2. The largest absolute Gasteiger partial charge is 0.494 e. The van der Waals surface area contributed by atoms with Crippen molar-refractivity contribution in [2.45, 2.75) is 19.4 Å². The summed E-state index contributed by atoms with van der Waals surface area (Å²) >= 11 is 0. The van der Waals surface area contributed by atoms with Crippen LogP contribution in [0.1, 0.15) is 12.0 Å². The molecule has 96 valence electrons. The number of hydrogen-bond acceptors (Lipinski definition) is 3. The Balaban J connectivity index is 1.68. The van der Waals surface area contributed by atoms with Gasteiger partial charge in [-0.3, -0.25) is 4.68 Å². The van der Waals surface area contributed by atoms with Crippen LogP contribution < -0.4 is 10.5 Å². The summed E-state index contributed by atoms with van der Waals surface area (Å²) in [6.07, 6.45) is 5.76. The van der Waals surface area contributed by atoms with Crippen molar-refractivity contribution in [3.8, 4) is 5.75 Å². The lowest BCUT2D eigenvalue weighted by molar-refractivity contribution is 0.298. The first kappa shape index (κ1) is 12.6. The van der Waals surface area contributed by atoms with Gasteiger partial charge >= 0.3 is 0 Å². The van der Waals surface area contributed by atoms with Crippen molar-refractivity contribution in [2.24, 2.45) is 5.73 Å². The van der Waals surface area contributed by atoms with Gasteiger partial charge in [-0.1, -0.05) is 18.2 Å². The van der Waals surface area contributed by atoms with Gasteiger partial charge in [-0.15, -0.1) is 0 Å². The molecule has 1 aromatic carbocycles. The average Bonchev–Trinajstić information content (AvgIpc) is 2.84.